The zero-order valence-electron chi connectivity index (χ0n) is 7.65. The van der Waals surface area contributed by atoms with Crippen molar-refractivity contribution in [1.82, 2.24) is 5.32 Å². The topological polar surface area (TPSA) is 32.3 Å². The second kappa shape index (κ2) is 11.7. The Morgan fingerprint density at radius 2 is 2.00 bits per heavy atom. The van der Waals surface area contributed by atoms with Gasteiger partial charge >= 0.3 is 0 Å². The number of hydrogen-bond donors (Lipinski definition) is 2. The molecule has 0 radical (unpaired) electrons. The quantitative estimate of drug-likeness (QED) is 0.596. The molecule has 2 N–H and O–H groups in total. The number of hydrogen-bond acceptors (Lipinski definition) is 2. The van der Waals surface area contributed by atoms with E-state index in [0.29, 0.717) is 6.54 Å². The zero-order chi connectivity index (χ0) is 8.41. The lowest BCUT2D eigenvalue weighted by atomic mass is 10.4. The molecule has 0 saturated heterocycles. The molecular formula is C8H23NO. The molecule has 1 atom stereocenters. The van der Waals surface area contributed by atoms with Gasteiger partial charge in [0.15, 0.2) is 0 Å². The minimum absolute atomic E-state index is 0. The maximum atomic E-state index is 8.72. The van der Waals surface area contributed by atoms with Crippen molar-refractivity contribution < 1.29 is 6.53 Å². The van der Waals surface area contributed by atoms with Gasteiger partial charge in [0.25, 0.3) is 0 Å². The minimum atomic E-state index is -0.207. The Bertz CT molecular complexity index is 51.4. The summed E-state index contributed by atoms with van der Waals surface area (Å²) in [6, 6.07) is 0. The second-order valence-corrected chi connectivity index (χ2v) is 2.05. The van der Waals surface area contributed by atoms with E-state index >= 15 is 0 Å². The Balaban J connectivity index is -0.000000196. The maximum absolute atomic E-state index is 8.72. The summed E-state index contributed by atoms with van der Waals surface area (Å²) < 4.78 is 0. The van der Waals surface area contributed by atoms with E-state index in [4.69, 9.17) is 5.11 Å². The maximum Gasteiger partial charge on any atom is 0.0636 e. The Labute approximate surface area is 66.1 Å². The third-order valence-corrected chi connectivity index (χ3v) is 0.867. The van der Waals surface area contributed by atoms with Crippen LogP contribution in [0, 0.1) is 0 Å². The van der Waals surface area contributed by atoms with E-state index in [2.05, 4.69) is 12.2 Å². The van der Waals surface area contributed by atoms with E-state index in [0.717, 1.165) is 13.0 Å². The van der Waals surface area contributed by atoms with Gasteiger partial charge in [-0.25, -0.2) is 0 Å². The third kappa shape index (κ3) is 15.7. The standard InChI is InChI=1S/C6H15NO.C2H6.H2/c1-3-4-7-5-6(2)8;1-2;/h6-8H,3-5H2,1-2H3;1-2H3;1H. The molecule has 0 spiro atoms. The van der Waals surface area contributed by atoms with Crippen molar-refractivity contribution >= 4 is 0 Å². The highest BCUT2D eigenvalue weighted by atomic mass is 16.3. The molecule has 0 amide bonds. The van der Waals surface area contributed by atoms with Crippen LogP contribution in [-0.2, 0) is 0 Å². The lowest BCUT2D eigenvalue weighted by Crippen LogP contribution is -2.24. The van der Waals surface area contributed by atoms with E-state index in [1.165, 1.54) is 0 Å². The largest absolute Gasteiger partial charge is 0.392 e. The monoisotopic (exact) mass is 149 g/mol. The summed E-state index contributed by atoms with van der Waals surface area (Å²) >= 11 is 0. The molecule has 0 fully saturated rings. The van der Waals surface area contributed by atoms with E-state index in [9.17, 15) is 0 Å². The molecule has 0 saturated carbocycles. The lowest BCUT2D eigenvalue weighted by molar-refractivity contribution is 0.191. The molecule has 0 aliphatic carbocycles. The first kappa shape index (κ1) is 12.6. The van der Waals surface area contributed by atoms with Gasteiger partial charge in [0.1, 0.15) is 0 Å². The van der Waals surface area contributed by atoms with Crippen LogP contribution in [0.3, 0.4) is 0 Å². The molecule has 0 aromatic rings. The third-order valence-electron chi connectivity index (χ3n) is 0.867. The number of rotatable bonds is 4. The highest BCUT2D eigenvalue weighted by Crippen LogP contribution is 1.75. The normalized spacial score (nSPS) is 11.7. The fourth-order valence-corrected chi connectivity index (χ4v) is 0.488. The smallest absolute Gasteiger partial charge is 0.0636 e. The molecule has 66 valence electrons. The van der Waals surface area contributed by atoms with Crippen molar-refractivity contribution in [2.24, 2.45) is 0 Å². The fraction of sp³-hybridized carbons (Fsp3) is 1.00. The zero-order valence-corrected chi connectivity index (χ0v) is 7.65. The van der Waals surface area contributed by atoms with Crippen LogP contribution in [0.25, 0.3) is 0 Å². The first-order valence-electron chi connectivity index (χ1n) is 4.16. The van der Waals surface area contributed by atoms with Crippen LogP contribution in [0.1, 0.15) is 35.5 Å². The predicted octanol–water partition coefficient (Wildman–Crippen LogP) is 1.64. The molecule has 0 aliphatic rings. The molecule has 10 heavy (non-hydrogen) atoms. The summed E-state index contributed by atoms with van der Waals surface area (Å²) in [5.74, 6) is 0. The van der Waals surface area contributed by atoms with Crippen molar-refractivity contribution in [3.05, 3.63) is 0 Å². The van der Waals surface area contributed by atoms with Crippen molar-refractivity contribution in [2.45, 2.75) is 40.2 Å². The van der Waals surface area contributed by atoms with Gasteiger partial charge in [-0.05, 0) is 19.9 Å². The first-order chi connectivity index (χ1) is 4.77. The summed E-state index contributed by atoms with van der Waals surface area (Å²) in [7, 11) is 0. The summed E-state index contributed by atoms with van der Waals surface area (Å²) in [5, 5.41) is 11.8. The Hall–Kier alpha value is -0.0800. The van der Waals surface area contributed by atoms with Gasteiger partial charge in [0, 0.05) is 7.97 Å². The average molecular weight is 149 g/mol. The second-order valence-electron chi connectivity index (χ2n) is 2.05. The Morgan fingerprint density at radius 3 is 2.30 bits per heavy atom. The molecule has 2 heteroatoms. The lowest BCUT2D eigenvalue weighted by Gasteiger charge is -2.03. The first-order valence-corrected chi connectivity index (χ1v) is 4.16. The van der Waals surface area contributed by atoms with Crippen LogP contribution in [-0.4, -0.2) is 24.3 Å². The van der Waals surface area contributed by atoms with Crippen LogP contribution in [0.4, 0.5) is 0 Å². The summed E-state index contributed by atoms with van der Waals surface area (Å²) in [4.78, 5) is 0. The van der Waals surface area contributed by atoms with E-state index in [1.54, 1.807) is 6.92 Å². The minimum Gasteiger partial charge on any atom is -0.392 e. The molecular weight excluding hydrogens is 126 g/mol. The van der Waals surface area contributed by atoms with Crippen LogP contribution < -0.4 is 5.32 Å². The van der Waals surface area contributed by atoms with Gasteiger partial charge < -0.3 is 10.4 Å². The van der Waals surface area contributed by atoms with Crippen LogP contribution in [0.5, 0.6) is 0 Å². The molecule has 0 heterocycles. The summed E-state index contributed by atoms with van der Waals surface area (Å²) in [5.41, 5.74) is 0. The van der Waals surface area contributed by atoms with Crippen LogP contribution in [0.2, 0.25) is 0 Å². The van der Waals surface area contributed by atoms with Crippen molar-refractivity contribution in [1.29, 1.82) is 0 Å². The fourth-order valence-electron chi connectivity index (χ4n) is 0.488. The molecule has 0 rings (SSSR count). The van der Waals surface area contributed by atoms with Crippen LogP contribution >= 0.6 is 0 Å². The number of aliphatic hydroxyl groups excluding tert-OH is 1. The van der Waals surface area contributed by atoms with Gasteiger partial charge in [-0.2, -0.15) is 0 Å². The van der Waals surface area contributed by atoms with Crippen molar-refractivity contribution in [3.8, 4) is 0 Å². The molecule has 0 aliphatic heterocycles. The van der Waals surface area contributed by atoms with E-state index in [-0.39, 0.29) is 7.53 Å². The molecule has 2 nitrogen and oxygen atoms in total. The summed E-state index contributed by atoms with van der Waals surface area (Å²) in [6.45, 7) is 9.61. The highest BCUT2D eigenvalue weighted by Gasteiger charge is 1.90. The number of aliphatic hydroxyl groups is 1. The summed E-state index contributed by atoms with van der Waals surface area (Å²) in [6.07, 6.45) is 0.925. The van der Waals surface area contributed by atoms with Gasteiger partial charge in [-0.1, -0.05) is 20.8 Å². The van der Waals surface area contributed by atoms with E-state index in [1.807, 2.05) is 13.8 Å². The molecule has 0 bridgehead atoms. The molecule has 1 unspecified atom stereocenters. The number of nitrogens with one attached hydrogen (secondary N) is 1. The highest BCUT2D eigenvalue weighted by molar-refractivity contribution is 4.50. The van der Waals surface area contributed by atoms with Crippen molar-refractivity contribution in [2.75, 3.05) is 13.1 Å². The predicted molar refractivity (Wildman–Crippen MR) is 48.3 cm³/mol. The van der Waals surface area contributed by atoms with Gasteiger partial charge in [-0.3, -0.25) is 0 Å². The van der Waals surface area contributed by atoms with Crippen LogP contribution in [0.15, 0.2) is 0 Å². The van der Waals surface area contributed by atoms with E-state index < -0.39 is 0 Å². The molecule has 0 aromatic heterocycles. The average Bonchev–Trinajstić information content (AvgIpc) is 1.92. The Morgan fingerprint density at radius 1 is 1.50 bits per heavy atom. The van der Waals surface area contributed by atoms with Crippen molar-refractivity contribution in [3.63, 3.8) is 0 Å². The van der Waals surface area contributed by atoms with Gasteiger partial charge in [0.05, 0.1) is 6.10 Å². The van der Waals surface area contributed by atoms with Gasteiger partial charge in [0.2, 0.25) is 0 Å². The SMILES string of the molecule is CC.CCCNCC(C)O.[HH]. The Kier molecular flexibility index (Phi) is 14.7. The molecule has 0 aromatic carbocycles. The van der Waals surface area contributed by atoms with Gasteiger partial charge in [-0.15, -0.1) is 0 Å².